The van der Waals surface area contributed by atoms with Crippen LogP contribution in [0.5, 0.6) is 0 Å². The number of nitrogens with zero attached hydrogens (tertiary/aromatic N) is 6. The smallest absolute Gasteiger partial charge is 0.291 e. The molecule has 1 fully saturated rings. The summed E-state index contributed by atoms with van der Waals surface area (Å²) in [5, 5.41) is 8.62. The van der Waals surface area contributed by atoms with Crippen LogP contribution in [0.4, 0.5) is 5.82 Å². The molecule has 0 bridgehead atoms. The minimum atomic E-state index is -0.158. The summed E-state index contributed by atoms with van der Waals surface area (Å²) < 4.78 is 0. The largest absolute Gasteiger partial charge is 0.351 e. The molecule has 2 aromatic heterocycles. The first-order chi connectivity index (χ1) is 11.4. The molecular formula is C17H22N6O. The van der Waals surface area contributed by atoms with Crippen LogP contribution in [0.15, 0.2) is 30.6 Å². The molecule has 1 aliphatic rings. The van der Waals surface area contributed by atoms with Crippen molar-refractivity contribution < 1.29 is 4.79 Å². The first-order valence-corrected chi connectivity index (χ1v) is 7.99. The van der Waals surface area contributed by atoms with E-state index in [1.807, 2.05) is 12.1 Å². The summed E-state index contributed by atoms with van der Waals surface area (Å²) in [4.78, 5) is 24.2. The number of anilines is 1. The van der Waals surface area contributed by atoms with Crippen LogP contribution < -0.4 is 4.90 Å². The maximum atomic E-state index is 12.3. The highest BCUT2D eigenvalue weighted by Crippen LogP contribution is 2.24. The fourth-order valence-corrected chi connectivity index (χ4v) is 2.51. The molecule has 0 atom stereocenters. The lowest BCUT2D eigenvalue weighted by Crippen LogP contribution is -2.60. The molecule has 1 saturated heterocycles. The predicted octanol–water partition coefficient (Wildman–Crippen LogP) is 1.52. The SMILES string of the molecule is CN(C(=O)c1ncccn1)C1CN(c2ccc(C(C)(C)C)nn2)C1. The molecule has 0 aliphatic carbocycles. The number of carbonyl (C=O) groups excluding carboxylic acids is 1. The minimum Gasteiger partial charge on any atom is -0.351 e. The molecule has 0 radical (unpaired) electrons. The van der Waals surface area contributed by atoms with Gasteiger partial charge < -0.3 is 9.80 Å². The van der Waals surface area contributed by atoms with Gasteiger partial charge in [-0.3, -0.25) is 4.79 Å². The van der Waals surface area contributed by atoms with E-state index in [1.54, 1.807) is 30.4 Å². The predicted molar refractivity (Wildman–Crippen MR) is 90.9 cm³/mol. The molecule has 126 valence electrons. The fourth-order valence-electron chi connectivity index (χ4n) is 2.51. The van der Waals surface area contributed by atoms with Crippen molar-refractivity contribution in [1.29, 1.82) is 0 Å². The van der Waals surface area contributed by atoms with Gasteiger partial charge >= 0.3 is 0 Å². The highest BCUT2D eigenvalue weighted by molar-refractivity contribution is 5.90. The Hall–Kier alpha value is -2.57. The lowest BCUT2D eigenvalue weighted by Gasteiger charge is -2.44. The summed E-state index contributed by atoms with van der Waals surface area (Å²) in [5.41, 5.74) is 0.961. The number of amides is 1. The molecule has 0 aromatic carbocycles. The normalized spacial score (nSPS) is 15.1. The summed E-state index contributed by atoms with van der Waals surface area (Å²) in [7, 11) is 1.79. The average Bonchev–Trinajstić information content (AvgIpc) is 2.53. The fraction of sp³-hybridized carbons (Fsp3) is 0.471. The molecule has 3 rings (SSSR count). The Morgan fingerprint density at radius 1 is 1.17 bits per heavy atom. The van der Waals surface area contributed by atoms with Gasteiger partial charge in [0, 0.05) is 37.9 Å². The van der Waals surface area contributed by atoms with Crippen molar-refractivity contribution in [2.45, 2.75) is 32.2 Å². The molecule has 0 unspecified atom stereocenters. The van der Waals surface area contributed by atoms with Crippen molar-refractivity contribution in [3.05, 3.63) is 42.1 Å². The number of rotatable bonds is 3. The first kappa shape index (κ1) is 16.3. The van der Waals surface area contributed by atoms with Crippen LogP contribution in [0, 0.1) is 0 Å². The third-order valence-corrected chi connectivity index (χ3v) is 4.23. The van der Waals surface area contributed by atoms with Gasteiger partial charge in [-0.25, -0.2) is 9.97 Å². The molecule has 7 heteroatoms. The van der Waals surface area contributed by atoms with Crippen LogP contribution in [0.3, 0.4) is 0 Å². The van der Waals surface area contributed by atoms with E-state index < -0.39 is 0 Å². The molecule has 0 N–H and O–H groups in total. The Morgan fingerprint density at radius 3 is 2.38 bits per heavy atom. The average molecular weight is 326 g/mol. The van der Waals surface area contributed by atoms with Gasteiger partial charge in [-0.15, -0.1) is 5.10 Å². The number of carbonyl (C=O) groups is 1. The van der Waals surface area contributed by atoms with Crippen molar-refractivity contribution in [1.82, 2.24) is 25.1 Å². The second-order valence-corrected chi connectivity index (χ2v) is 7.07. The van der Waals surface area contributed by atoms with Gasteiger partial charge in [0.25, 0.3) is 5.91 Å². The third-order valence-electron chi connectivity index (χ3n) is 4.23. The number of hydrogen-bond acceptors (Lipinski definition) is 6. The van der Waals surface area contributed by atoms with Crippen molar-refractivity contribution in [3.63, 3.8) is 0 Å². The third kappa shape index (κ3) is 3.20. The molecular weight excluding hydrogens is 304 g/mol. The van der Waals surface area contributed by atoms with E-state index in [2.05, 4.69) is 45.8 Å². The Labute approximate surface area is 141 Å². The number of aromatic nitrogens is 4. The molecule has 7 nitrogen and oxygen atoms in total. The van der Waals surface area contributed by atoms with Gasteiger partial charge in [0.15, 0.2) is 5.82 Å². The zero-order valence-corrected chi connectivity index (χ0v) is 14.5. The summed E-state index contributed by atoms with van der Waals surface area (Å²) in [6, 6.07) is 5.83. The van der Waals surface area contributed by atoms with Crippen molar-refractivity contribution in [2.24, 2.45) is 0 Å². The van der Waals surface area contributed by atoms with Gasteiger partial charge in [0.2, 0.25) is 5.82 Å². The van der Waals surface area contributed by atoms with Crippen LogP contribution >= 0.6 is 0 Å². The second-order valence-electron chi connectivity index (χ2n) is 7.07. The van der Waals surface area contributed by atoms with E-state index in [4.69, 9.17) is 0 Å². The highest BCUT2D eigenvalue weighted by atomic mass is 16.2. The summed E-state index contributed by atoms with van der Waals surface area (Å²) >= 11 is 0. The van der Waals surface area contributed by atoms with E-state index in [9.17, 15) is 4.79 Å². The maximum Gasteiger partial charge on any atom is 0.291 e. The van der Waals surface area contributed by atoms with E-state index in [-0.39, 0.29) is 23.2 Å². The van der Waals surface area contributed by atoms with Crippen molar-refractivity contribution in [3.8, 4) is 0 Å². The standard InChI is InChI=1S/C17H22N6O/c1-17(2,3)13-6-7-14(21-20-13)23-10-12(11-23)22(4)16(24)15-18-8-5-9-19-15/h5-9,12H,10-11H2,1-4H3. The number of hydrogen-bond donors (Lipinski definition) is 0. The molecule has 24 heavy (non-hydrogen) atoms. The van der Waals surface area contributed by atoms with Crippen molar-refractivity contribution in [2.75, 3.05) is 25.0 Å². The van der Waals surface area contributed by atoms with E-state index >= 15 is 0 Å². The van der Waals surface area contributed by atoms with Gasteiger partial charge in [0.05, 0.1) is 11.7 Å². The topological polar surface area (TPSA) is 75.1 Å². The van der Waals surface area contributed by atoms with E-state index in [0.717, 1.165) is 24.6 Å². The van der Waals surface area contributed by atoms with Gasteiger partial charge in [0.1, 0.15) is 0 Å². The minimum absolute atomic E-state index is 0.00860. The first-order valence-electron chi connectivity index (χ1n) is 7.99. The summed E-state index contributed by atoms with van der Waals surface area (Å²) in [5.74, 6) is 0.915. The highest BCUT2D eigenvalue weighted by Gasteiger charge is 2.34. The van der Waals surface area contributed by atoms with Gasteiger partial charge in [-0.1, -0.05) is 20.8 Å². The molecule has 1 amide bonds. The van der Waals surface area contributed by atoms with E-state index in [0.29, 0.717) is 0 Å². The van der Waals surface area contributed by atoms with Gasteiger partial charge in [-0.05, 0) is 18.2 Å². The zero-order chi connectivity index (χ0) is 17.3. The zero-order valence-electron chi connectivity index (χ0n) is 14.5. The molecule has 0 saturated carbocycles. The monoisotopic (exact) mass is 326 g/mol. The lowest BCUT2D eigenvalue weighted by molar-refractivity contribution is 0.0692. The molecule has 0 spiro atoms. The Balaban J connectivity index is 1.60. The number of likely N-dealkylation sites (N-methyl/N-ethyl adjacent to an activating group) is 1. The Kier molecular flexibility index (Phi) is 4.17. The van der Waals surface area contributed by atoms with Crippen LogP contribution in [0.1, 0.15) is 37.1 Å². The lowest BCUT2D eigenvalue weighted by atomic mass is 9.92. The van der Waals surface area contributed by atoms with Gasteiger partial charge in [-0.2, -0.15) is 5.10 Å². The molecule has 2 aromatic rings. The van der Waals surface area contributed by atoms with E-state index in [1.165, 1.54) is 0 Å². The Morgan fingerprint density at radius 2 is 1.83 bits per heavy atom. The second kappa shape index (κ2) is 6.14. The quantitative estimate of drug-likeness (QED) is 0.851. The van der Waals surface area contributed by atoms with Crippen molar-refractivity contribution >= 4 is 11.7 Å². The van der Waals surface area contributed by atoms with Crippen LogP contribution in [-0.2, 0) is 5.41 Å². The van der Waals surface area contributed by atoms with Crippen LogP contribution in [-0.4, -0.2) is 57.2 Å². The summed E-state index contributed by atoms with van der Waals surface area (Å²) in [6.45, 7) is 7.81. The van der Waals surface area contributed by atoms with Crippen LogP contribution in [0.25, 0.3) is 0 Å². The molecule has 1 aliphatic heterocycles. The molecule has 3 heterocycles. The Bertz CT molecular complexity index is 704. The van der Waals surface area contributed by atoms with Crippen LogP contribution in [0.2, 0.25) is 0 Å². The summed E-state index contributed by atoms with van der Waals surface area (Å²) in [6.07, 6.45) is 3.15. The maximum absolute atomic E-state index is 12.3.